The molecule has 1 aliphatic heterocycles. The van der Waals surface area contributed by atoms with Crippen LogP contribution in [0.3, 0.4) is 0 Å². The van der Waals surface area contributed by atoms with Gasteiger partial charge >= 0.3 is 0 Å². The van der Waals surface area contributed by atoms with Gasteiger partial charge in [-0.2, -0.15) is 0 Å². The number of fused-ring (bicyclic) bond motifs is 2. The summed E-state index contributed by atoms with van der Waals surface area (Å²) >= 11 is 6.21. The quantitative estimate of drug-likeness (QED) is 0.492. The number of aliphatic hydroxyl groups is 1. The number of halogens is 1. The van der Waals surface area contributed by atoms with E-state index in [0.29, 0.717) is 47.3 Å². The molecule has 4 atom stereocenters. The Kier molecular flexibility index (Phi) is 5.39. The number of pyridine rings is 1. The summed E-state index contributed by atoms with van der Waals surface area (Å²) in [5, 5.41) is 16.5. The molecule has 5 rings (SSSR count). The molecule has 3 N–H and O–H groups in total. The monoisotopic (exact) mass is 469 g/mol. The van der Waals surface area contributed by atoms with Gasteiger partial charge in [0.05, 0.1) is 12.5 Å². The third-order valence-corrected chi connectivity index (χ3v) is 7.14. The highest BCUT2D eigenvalue weighted by Gasteiger charge is 2.51. The van der Waals surface area contributed by atoms with Crippen LogP contribution in [-0.4, -0.2) is 35.2 Å². The average Bonchev–Trinajstić information content (AvgIpc) is 3.35. The van der Waals surface area contributed by atoms with Crippen LogP contribution in [0.15, 0.2) is 40.9 Å². The SMILES string of the molecule is COc1ccc2c(c1)C(=O)CC(C(C)CC1(c3cc4c(Cl)nccc4o3)NC(O)NC1=O)C2. The van der Waals surface area contributed by atoms with E-state index in [2.05, 4.69) is 15.6 Å². The Morgan fingerprint density at radius 1 is 1.30 bits per heavy atom. The Labute approximate surface area is 195 Å². The van der Waals surface area contributed by atoms with E-state index in [0.717, 1.165) is 5.56 Å². The molecule has 0 saturated carbocycles. The molecule has 1 amide bonds. The first-order valence-electron chi connectivity index (χ1n) is 10.8. The first kappa shape index (κ1) is 21.9. The Morgan fingerprint density at radius 3 is 2.82 bits per heavy atom. The van der Waals surface area contributed by atoms with Crippen LogP contribution in [0.25, 0.3) is 11.0 Å². The maximum atomic E-state index is 13.1. The van der Waals surface area contributed by atoms with E-state index in [1.165, 1.54) is 6.20 Å². The lowest BCUT2D eigenvalue weighted by molar-refractivity contribution is -0.126. The molecule has 1 aromatic carbocycles. The molecule has 2 aromatic heterocycles. The summed E-state index contributed by atoms with van der Waals surface area (Å²) < 4.78 is 11.3. The second-order valence-corrected chi connectivity index (χ2v) is 9.20. The molecule has 0 spiro atoms. The average molecular weight is 470 g/mol. The molecule has 0 radical (unpaired) electrons. The minimum atomic E-state index is -1.30. The highest BCUT2D eigenvalue weighted by Crippen LogP contribution is 2.41. The van der Waals surface area contributed by atoms with E-state index in [9.17, 15) is 14.7 Å². The molecule has 8 nitrogen and oxygen atoms in total. The number of ether oxygens (including phenoxy) is 1. The largest absolute Gasteiger partial charge is 0.497 e. The van der Waals surface area contributed by atoms with Crippen LogP contribution < -0.4 is 15.4 Å². The van der Waals surface area contributed by atoms with Crippen molar-refractivity contribution in [1.29, 1.82) is 0 Å². The molecule has 4 unspecified atom stereocenters. The lowest BCUT2D eigenvalue weighted by Gasteiger charge is -2.34. The standard InChI is InChI=1S/C24H24ClN3O5/c1-12(14-7-13-3-4-15(32-2)9-16(13)18(29)8-14)11-24(22(30)27-23(31)28-24)20-10-17-19(33-20)5-6-26-21(17)25/h3-6,9-10,12,14,23,28,31H,7-8,11H2,1-2H3,(H,27,30). The zero-order valence-corrected chi connectivity index (χ0v) is 19.0. The van der Waals surface area contributed by atoms with Gasteiger partial charge in [-0.05, 0) is 54.5 Å². The van der Waals surface area contributed by atoms with Crippen molar-refractivity contribution in [2.45, 2.75) is 38.1 Å². The van der Waals surface area contributed by atoms with E-state index in [1.54, 1.807) is 25.3 Å². The predicted octanol–water partition coefficient (Wildman–Crippen LogP) is 3.15. The molecular formula is C24H24ClN3O5. The van der Waals surface area contributed by atoms with E-state index in [4.69, 9.17) is 20.8 Å². The zero-order chi connectivity index (χ0) is 23.3. The van der Waals surface area contributed by atoms with Gasteiger partial charge in [-0.15, -0.1) is 0 Å². The number of methoxy groups -OCH3 is 1. The van der Waals surface area contributed by atoms with Crippen LogP contribution in [0.5, 0.6) is 5.75 Å². The Bertz CT molecular complexity index is 1260. The topological polar surface area (TPSA) is 114 Å². The van der Waals surface area contributed by atoms with Crippen molar-refractivity contribution in [3.05, 3.63) is 58.6 Å². The highest BCUT2D eigenvalue weighted by molar-refractivity contribution is 6.34. The van der Waals surface area contributed by atoms with Crippen molar-refractivity contribution in [3.63, 3.8) is 0 Å². The van der Waals surface area contributed by atoms with Crippen LogP contribution in [0.2, 0.25) is 5.15 Å². The van der Waals surface area contributed by atoms with Crippen molar-refractivity contribution in [3.8, 4) is 5.75 Å². The molecule has 3 aromatic rings. The number of aromatic nitrogens is 1. The summed E-state index contributed by atoms with van der Waals surface area (Å²) in [6, 6.07) is 8.94. The van der Waals surface area contributed by atoms with Gasteiger partial charge in [-0.25, -0.2) is 4.98 Å². The van der Waals surface area contributed by atoms with Crippen molar-refractivity contribution < 1.29 is 23.8 Å². The number of furan rings is 1. The number of aliphatic hydroxyl groups excluding tert-OH is 1. The van der Waals surface area contributed by atoms with Gasteiger partial charge in [0.25, 0.3) is 5.91 Å². The molecule has 1 fully saturated rings. The van der Waals surface area contributed by atoms with Gasteiger partial charge in [0.1, 0.15) is 22.2 Å². The first-order chi connectivity index (χ1) is 15.8. The third kappa shape index (κ3) is 3.68. The van der Waals surface area contributed by atoms with Gasteiger partial charge < -0.3 is 19.6 Å². The maximum absolute atomic E-state index is 13.1. The number of carbonyl (C=O) groups is 2. The van der Waals surface area contributed by atoms with Crippen LogP contribution in [-0.2, 0) is 16.8 Å². The fourth-order valence-electron chi connectivity index (χ4n) is 5.03. The van der Waals surface area contributed by atoms with Crippen LogP contribution in [0, 0.1) is 11.8 Å². The summed E-state index contributed by atoms with van der Waals surface area (Å²) in [6.07, 6.45) is 1.72. The molecule has 2 aliphatic rings. The van der Waals surface area contributed by atoms with Crippen molar-refractivity contribution in [2.75, 3.05) is 7.11 Å². The molecular weight excluding hydrogens is 446 g/mol. The molecule has 33 heavy (non-hydrogen) atoms. The van der Waals surface area contributed by atoms with E-state index in [-0.39, 0.29) is 22.8 Å². The molecule has 1 saturated heterocycles. The molecule has 3 heterocycles. The van der Waals surface area contributed by atoms with Crippen LogP contribution in [0.4, 0.5) is 0 Å². The molecule has 9 heteroatoms. The number of Topliss-reactive ketones (excluding diaryl/α,β-unsaturated/α-hetero) is 1. The predicted molar refractivity (Wildman–Crippen MR) is 121 cm³/mol. The maximum Gasteiger partial charge on any atom is 0.251 e. The van der Waals surface area contributed by atoms with Crippen molar-refractivity contribution >= 4 is 34.3 Å². The van der Waals surface area contributed by atoms with Gasteiger partial charge in [0.2, 0.25) is 0 Å². The second kappa shape index (κ2) is 8.13. The number of benzene rings is 1. The molecule has 172 valence electrons. The first-order valence-corrected chi connectivity index (χ1v) is 11.2. The lowest BCUT2D eigenvalue weighted by atomic mass is 9.72. The summed E-state index contributed by atoms with van der Waals surface area (Å²) in [6.45, 7) is 2.02. The fraction of sp³-hybridized carbons (Fsp3) is 0.375. The van der Waals surface area contributed by atoms with Gasteiger partial charge in [-0.3, -0.25) is 14.9 Å². The van der Waals surface area contributed by atoms with Crippen molar-refractivity contribution in [2.24, 2.45) is 11.8 Å². The van der Waals surface area contributed by atoms with Crippen LogP contribution >= 0.6 is 11.6 Å². The summed E-state index contributed by atoms with van der Waals surface area (Å²) in [5.74, 6) is 0.655. The minimum absolute atomic E-state index is 0.0252. The fourth-order valence-corrected chi connectivity index (χ4v) is 5.24. The minimum Gasteiger partial charge on any atom is -0.497 e. The number of nitrogens with one attached hydrogen (secondary N) is 2. The normalized spacial score (nSPS) is 25.7. The van der Waals surface area contributed by atoms with Gasteiger partial charge in [-0.1, -0.05) is 24.6 Å². The van der Waals surface area contributed by atoms with Crippen molar-refractivity contribution in [1.82, 2.24) is 15.6 Å². The third-order valence-electron chi connectivity index (χ3n) is 6.84. The smallest absolute Gasteiger partial charge is 0.251 e. The van der Waals surface area contributed by atoms with E-state index < -0.39 is 17.8 Å². The molecule has 1 aliphatic carbocycles. The van der Waals surface area contributed by atoms with Gasteiger partial charge in [0, 0.05) is 18.2 Å². The Morgan fingerprint density at radius 2 is 2.12 bits per heavy atom. The molecule has 0 bridgehead atoms. The summed E-state index contributed by atoms with van der Waals surface area (Å²) in [4.78, 5) is 30.1. The second-order valence-electron chi connectivity index (χ2n) is 8.85. The lowest BCUT2D eigenvalue weighted by Crippen LogP contribution is -2.46. The summed E-state index contributed by atoms with van der Waals surface area (Å²) in [5.41, 5.74) is 0.871. The summed E-state index contributed by atoms with van der Waals surface area (Å²) in [7, 11) is 1.58. The number of carbonyl (C=O) groups excluding carboxylic acids is 2. The zero-order valence-electron chi connectivity index (χ0n) is 18.2. The number of ketones is 1. The number of nitrogens with zero attached hydrogens (tertiary/aromatic N) is 1. The number of hydrogen-bond donors (Lipinski definition) is 3. The Balaban J connectivity index is 1.47. The number of hydrogen-bond acceptors (Lipinski definition) is 7. The number of amides is 1. The van der Waals surface area contributed by atoms with E-state index in [1.807, 2.05) is 19.1 Å². The van der Waals surface area contributed by atoms with E-state index >= 15 is 0 Å². The number of rotatable bonds is 5. The van der Waals surface area contributed by atoms with Crippen LogP contribution in [0.1, 0.15) is 41.4 Å². The Hall–Kier alpha value is -2.94. The highest BCUT2D eigenvalue weighted by atomic mass is 35.5. The van der Waals surface area contributed by atoms with Gasteiger partial charge in [0.15, 0.2) is 17.7 Å².